The van der Waals surface area contributed by atoms with Crippen molar-refractivity contribution in [2.45, 2.75) is 87.9 Å². The fraction of sp³-hybridized carbons (Fsp3) is 0.696. The van der Waals surface area contributed by atoms with Gasteiger partial charge in [0.25, 0.3) is 0 Å². The number of nitrogens with zero attached hydrogens (tertiary/aromatic N) is 1. The Hall–Kier alpha value is -1.43. The van der Waals surface area contributed by atoms with E-state index in [0.29, 0.717) is 6.54 Å². The number of nitrogens with one attached hydrogen (secondary N) is 1. The molecule has 0 unspecified atom stereocenters. The van der Waals surface area contributed by atoms with Gasteiger partial charge in [0, 0.05) is 5.69 Å². The van der Waals surface area contributed by atoms with Crippen molar-refractivity contribution in [3.8, 4) is 0 Å². The van der Waals surface area contributed by atoms with Crippen molar-refractivity contribution in [2.24, 2.45) is 0 Å². The molecular weight excluding hydrogens is 352 g/mol. The number of carbonyl (C=O) groups is 1. The topological polar surface area (TPSA) is 50.8 Å². The lowest BCUT2D eigenvalue weighted by atomic mass is 10.1. The molecule has 164 valence electrons. The molecule has 0 saturated carbocycles. The first-order chi connectivity index (χ1) is 12.3. The molecule has 1 aromatic carbocycles. The summed E-state index contributed by atoms with van der Waals surface area (Å²) < 4.78 is 0. The number of carbonyl (C=O) groups excluding carboxylic acids is 1. The van der Waals surface area contributed by atoms with Gasteiger partial charge in [-0.25, -0.2) is 9.78 Å². The monoisotopic (exact) mass is 396 g/mol. The lowest BCUT2D eigenvalue weighted by Crippen LogP contribution is -2.33. The molecule has 0 fully saturated rings. The Morgan fingerprint density at radius 3 is 1.64 bits per heavy atom. The maximum absolute atomic E-state index is 11.9. The zero-order chi connectivity index (χ0) is 21.3. The summed E-state index contributed by atoms with van der Waals surface area (Å²) in [6.07, 6.45) is 0. The number of benzene rings is 1. The number of aryl methyl sites for hydroxylation is 2. The largest absolute Gasteiger partial charge is 0.324 e. The van der Waals surface area contributed by atoms with Crippen molar-refractivity contribution in [1.82, 2.24) is 4.90 Å². The number of hydrogen-bond acceptors (Lipinski definition) is 4. The van der Waals surface area contributed by atoms with Crippen LogP contribution in [0.3, 0.4) is 0 Å². The molecule has 0 atom stereocenters. The van der Waals surface area contributed by atoms with E-state index in [1.165, 1.54) is 0 Å². The van der Waals surface area contributed by atoms with E-state index in [-0.39, 0.29) is 24.5 Å². The predicted molar refractivity (Wildman–Crippen MR) is 121 cm³/mol. The Bertz CT molecular complexity index is 534. The Labute approximate surface area is 173 Å². The summed E-state index contributed by atoms with van der Waals surface area (Å²) in [4.78, 5) is 24.2. The molecule has 0 bridgehead atoms. The zero-order valence-corrected chi connectivity index (χ0v) is 19.0. The first kappa shape index (κ1) is 28.8. The molecule has 28 heavy (non-hydrogen) atoms. The molecule has 0 aliphatic heterocycles. The van der Waals surface area contributed by atoms with Crippen molar-refractivity contribution in [2.75, 3.05) is 25.0 Å². The highest BCUT2D eigenvalue weighted by molar-refractivity contribution is 5.93. The minimum absolute atomic E-state index is 0. The van der Waals surface area contributed by atoms with E-state index in [2.05, 4.69) is 24.1 Å². The minimum Gasteiger partial charge on any atom is -0.324 e. The van der Waals surface area contributed by atoms with Gasteiger partial charge in [-0.2, -0.15) is 0 Å². The Morgan fingerprint density at radius 1 is 0.929 bits per heavy atom. The summed E-state index contributed by atoms with van der Waals surface area (Å²) in [6.45, 7) is 22.2. The summed E-state index contributed by atoms with van der Waals surface area (Å²) in [7, 11) is 0. The van der Waals surface area contributed by atoms with Gasteiger partial charge in [0.05, 0.1) is 17.7 Å². The van der Waals surface area contributed by atoms with Crippen LogP contribution < -0.4 is 5.32 Å². The van der Waals surface area contributed by atoms with Crippen molar-refractivity contribution in [3.63, 3.8) is 0 Å². The molecule has 1 N–H and O–H groups in total. The third kappa shape index (κ3) is 13.7. The highest BCUT2D eigenvalue weighted by Crippen LogP contribution is 2.19. The number of amides is 1. The van der Waals surface area contributed by atoms with Crippen LogP contribution in [0.4, 0.5) is 5.69 Å². The molecule has 1 rings (SSSR count). The minimum atomic E-state index is -0.215. The van der Waals surface area contributed by atoms with Crippen LogP contribution in [0.2, 0.25) is 0 Å². The highest BCUT2D eigenvalue weighted by Gasteiger charge is 2.18. The Morgan fingerprint density at radius 2 is 1.32 bits per heavy atom. The second kappa shape index (κ2) is 12.9. The first-order valence-corrected chi connectivity index (χ1v) is 9.74. The van der Waals surface area contributed by atoms with Crippen molar-refractivity contribution in [1.29, 1.82) is 0 Å². The Kier molecular flexibility index (Phi) is 13.3. The summed E-state index contributed by atoms with van der Waals surface area (Å²) in [5.41, 5.74) is 2.74. The molecule has 1 amide bonds. The molecule has 0 heterocycles. The van der Waals surface area contributed by atoms with E-state index in [1.54, 1.807) is 0 Å². The van der Waals surface area contributed by atoms with Crippen molar-refractivity contribution < 1.29 is 14.6 Å². The van der Waals surface area contributed by atoms with Gasteiger partial charge in [-0.3, -0.25) is 9.69 Å². The predicted octanol–water partition coefficient (Wildman–Crippen LogP) is 5.75. The van der Waals surface area contributed by atoms with Crippen LogP contribution >= 0.6 is 0 Å². The molecule has 0 aliphatic carbocycles. The van der Waals surface area contributed by atoms with Crippen LogP contribution in [0.1, 0.15) is 73.9 Å². The summed E-state index contributed by atoms with van der Waals surface area (Å²) >= 11 is 0. The summed E-state index contributed by atoms with van der Waals surface area (Å²) in [6, 6.07) is 6.03. The van der Waals surface area contributed by atoms with Crippen LogP contribution in [-0.2, 0) is 14.6 Å². The average Bonchev–Trinajstić information content (AvgIpc) is 2.54. The molecule has 0 aromatic heterocycles. The second-order valence-electron chi connectivity index (χ2n) is 8.67. The normalized spacial score (nSPS) is 11.4. The van der Waals surface area contributed by atoms with Gasteiger partial charge in [-0.15, -0.1) is 0 Å². The molecule has 0 saturated heterocycles. The van der Waals surface area contributed by atoms with E-state index >= 15 is 0 Å². The number of para-hydroxylation sites is 1. The third-order valence-electron chi connectivity index (χ3n) is 3.55. The van der Waals surface area contributed by atoms with Crippen LogP contribution in [0.5, 0.6) is 0 Å². The van der Waals surface area contributed by atoms with Gasteiger partial charge >= 0.3 is 0 Å². The van der Waals surface area contributed by atoms with Gasteiger partial charge in [0.2, 0.25) is 5.91 Å². The highest BCUT2D eigenvalue weighted by atomic mass is 17.2. The van der Waals surface area contributed by atoms with Gasteiger partial charge in [-0.1, -0.05) is 39.5 Å². The van der Waals surface area contributed by atoms with E-state index < -0.39 is 0 Å². The second-order valence-corrected chi connectivity index (χ2v) is 8.67. The zero-order valence-electron chi connectivity index (χ0n) is 19.0. The van der Waals surface area contributed by atoms with Crippen LogP contribution in [0.25, 0.3) is 0 Å². The number of rotatable bonds is 6. The molecular formula is C23H44N2O3. The van der Waals surface area contributed by atoms with E-state index in [0.717, 1.165) is 29.9 Å². The van der Waals surface area contributed by atoms with Crippen molar-refractivity contribution in [3.05, 3.63) is 29.3 Å². The van der Waals surface area contributed by atoms with E-state index in [1.807, 2.05) is 73.6 Å². The molecule has 5 heteroatoms. The van der Waals surface area contributed by atoms with Gasteiger partial charge in [0.1, 0.15) is 0 Å². The number of anilines is 1. The van der Waals surface area contributed by atoms with Gasteiger partial charge in [0.15, 0.2) is 0 Å². The molecule has 0 radical (unpaired) electrons. The molecule has 0 spiro atoms. The van der Waals surface area contributed by atoms with E-state index in [9.17, 15) is 4.79 Å². The van der Waals surface area contributed by atoms with Gasteiger partial charge < -0.3 is 5.32 Å². The molecule has 5 nitrogen and oxygen atoms in total. The summed E-state index contributed by atoms with van der Waals surface area (Å²) in [5.74, 6) is 0.0612. The maximum atomic E-state index is 11.9. The van der Waals surface area contributed by atoms with E-state index in [4.69, 9.17) is 9.78 Å². The SMILES string of the molecule is C.CC(C)(C)OOC(C)(C)C.CCN(CC)CC(=O)Nc1c(C)cccc1C. The average molecular weight is 397 g/mol. The van der Waals surface area contributed by atoms with Crippen molar-refractivity contribution >= 4 is 11.6 Å². The fourth-order valence-electron chi connectivity index (χ4n) is 2.09. The standard InChI is InChI=1S/C14H22N2O.C8H18O2.CH4/c1-5-16(6-2)10-13(17)15-14-11(3)8-7-9-12(14)4;1-7(2,3)9-10-8(4,5)6;/h7-9H,5-6,10H2,1-4H3,(H,15,17);1-6H3;1H4. The lowest BCUT2D eigenvalue weighted by Gasteiger charge is -2.24. The summed E-state index contributed by atoms with van der Waals surface area (Å²) in [5, 5.41) is 3.00. The quantitative estimate of drug-likeness (QED) is 0.491. The first-order valence-electron chi connectivity index (χ1n) is 9.74. The van der Waals surface area contributed by atoms with Gasteiger partial charge in [-0.05, 0) is 79.6 Å². The smallest absolute Gasteiger partial charge is 0.238 e. The Balaban J connectivity index is 0. The lowest BCUT2D eigenvalue weighted by molar-refractivity contribution is -0.393. The molecule has 1 aromatic rings. The maximum Gasteiger partial charge on any atom is 0.238 e. The van der Waals surface area contributed by atoms with Crippen LogP contribution in [0, 0.1) is 13.8 Å². The van der Waals surface area contributed by atoms with Crippen LogP contribution in [-0.4, -0.2) is 41.6 Å². The number of likely N-dealkylation sites (N-methyl/N-ethyl adjacent to an activating group) is 1. The van der Waals surface area contributed by atoms with Crippen LogP contribution in [0.15, 0.2) is 18.2 Å². The number of hydrogen-bond donors (Lipinski definition) is 1. The molecule has 0 aliphatic rings. The third-order valence-corrected chi connectivity index (χ3v) is 3.55. The fourth-order valence-corrected chi connectivity index (χ4v) is 2.09.